The lowest BCUT2D eigenvalue weighted by atomic mass is 9.93. The molecule has 3 N–H and O–H groups in total. The van der Waals surface area contributed by atoms with E-state index >= 15 is 0 Å². The molecular weight excluding hydrogens is 276 g/mol. The van der Waals surface area contributed by atoms with Crippen molar-refractivity contribution in [3.63, 3.8) is 0 Å². The van der Waals surface area contributed by atoms with Crippen molar-refractivity contribution in [2.24, 2.45) is 12.8 Å². The largest absolute Gasteiger partial charge is 0.368 e. The summed E-state index contributed by atoms with van der Waals surface area (Å²) in [5.74, 6) is 0.626. The van der Waals surface area contributed by atoms with Crippen molar-refractivity contribution < 1.29 is 4.79 Å². The molecule has 0 aliphatic heterocycles. The zero-order valence-corrected chi connectivity index (χ0v) is 13.4. The molecule has 7 nitrogen and oxygen atoms in total. The molecule has 1 rings (SSSR count). The van der Waals surface area contributed by atoms with Crippen molar-refractivity contribution in [2.75, 3.05) is 5.75 Å². The van der Waals surface area contributed by atoms with Crippen molar-refractivity contribution in [2.45, 2.75) is 56.8 Å². The molecule has 0 aliphatic carbocycles. The molecule has 1 aromatic rings. The maximum Gasteiger partial charge on any atom is 0.237 e. The van der Waals surface area contributed by atoms with Crippen LogP contribution in [0.2, 0.25) is 0 Å². The van der Waals surface area contributed by atoms with Crippen molar-refractivity contribution in [1.82, 2.24) is 25.5 Å². The molecule has 1 heterocycles. The Kier molecular flexibility index (Phi) is 6.41. The van der Waals surface area contributed by atoms with Gasteiger partial charge in [-0.1, -0.05) is 18.2 Å². The first-order valence-electron chi connectivity index (χ1n) is 6.78. The highest BCUT2D eigenvalue weighted by Crippen LogP contribution is 2.19. The van der Waals surface area contributed by atoms with Crippen LogP contribution in [0.4, 0.5) is 0 Å². The van der Waals surface area contributed by atoms with Crippen molar-refractivity contribution in [3.8, 4) is 0 Å². The molecule has 20 heavy (non-hydrogen) atoms. The molecule has 8 heteroatoms. The second kappa shape index (κ2) is 7.58. The number of rotatable bonds is 9. The van der Waals surface area contributed by atoms with Crippen molar-refractivity contribution >= 4 is 17.7 Å². The van der Waals surface area contributed by atoms with E-state index in [2.05, 4.69) is 20.8 Å². The Labute approximate surface area is 124 Å². The molecule has 0 bridgehead atoms. The van der Waals surface area contributed by atoms with Crippen LogP contribution < -0.4 is 11.1 Å². The van der Waals surface area contributed by atoms with E-state index < -0.39 is 5.54 Å². The van der Waals surface area contributed by atoms with Crippen LogP contribution in [-0.4, -0.2) is 43.4 Å². The maximum atomic E-state index is 11.6. The number of aromatic nitrogens is 4. The van der Waals surface area contributed by atoms with Gasteiger partial charge in [0.05, 0.1) is 5.54 Å². The minimum absolute atomic E-state index is 0.228. The second-order valence-electron chi connectivity index (χ2n) is 5.39. The molecular formula is C12H24N6OS. The van der Waals surface area contributed by atoms with Gasteiger partial charge in [-0.25, -0.2) is 4.68 Å². The summed E-state index contributed by atoms with van der Waals surface area (Å²) < 4.78 is 1.65. The number of carbonyl (C=O) groups is 1. The van der Waals surface area contributed by atoms with Crippen LogP contribution in [-0.2, 0) is 11.8 Å². The molecule has 0 radical (unpaired) electrons. The highest BCUT2D eigenvalue weighted by molar-refractivity contribution is 7.99. The maximum absolute atomic E-state index is 11.6. The third-order valence-electron chi connectivity index (χ3n) is 3.03. The van der Waals surface area contributed by atoms with Crippen LogP contribution >= 0.6 is 11.8 Å². The van der Waals surface area contributed by atoms with E-state index in [0.717, 1.165) is 30.2 Å². The predicted octanol–water partition coefficient (Wildman–Crippen LogP) is 0.714. The first kappa shape index (κ1) is 16.9. The standard InChI is InChI=1S/C12H24N6OS/c1-9(2)14-12(3,10(13)19)7-5-6-8-20-11-15-16-17-18(11)4/h9,14H,5-8H2,1-4H3,(H2,13,19). The van der Waals surface area contributed by atoms with E-state index in [1.54, 1.807) is 16.4 Å². The number of carbonyl (C=O) groups excluding carboxylic acids is 1. The highest BCUT2D eigenvalue weighted by Gasteiger charge is 2.30. The van der Waals surface area contributed by atoms with Crippen LogP contribution in [0, 0.1) is 0 Å². The van der Waals surface area contributed by atoms with Gasteiger partial charge in [0.2, 0.25) is 11.1 Å². The Balaban J connectivity index is 2.31. The van der Waals surface area contributed by atoms with E-state index in [0.29, 0.717) is 0 Å². The van der Waals surface area contributed by atoms with Crippen LogP contribution in [0.25, 0.3) is 0 Å². The third kappa shape index (κ3) is 5.09. The van der Waals surface area contributed by atoms with E-state index in [9.17, 15) is 4.79 Å². The summed E-state index contributed by atoms with van der Waals surface area (Å²) in [4.78, 5) is 11.6. The molecule has 0 spiro atoms. The average molecular weight is 300 g/mol. The van der Waals surface area contributed by atoms with Gasteiger partial charge in [0, 0.05) is 18.8 Å². The Hall–Kier alpha value is -1.15. The number of thioether (sulfide) groups is 1. The normalized spacial score (nSPS) is 14.4. The summed E-state index contributed by atoms with van der Waals surface area (Å²) in [5, 5.41) is 15.3. The summed E-state index contributed by atoms with van der Waals surface area (Å²) in [6.07, 6.45) is 2.65. The molecule has 0 fully saturated rings. The molecule has 0 aliphatic rings. The fourth-order valence-electron chi connectivity index (χ4n) is 1.99. The smallest absolute Gasteiger partial charge is 0.237 e. The van der Waals surface area contributed by atoms with Gasteiger partial charge in [-0.2, -0.15) is 0 Å². The summed E-state index contributed by atoms with van der Waals surface area (Å²) in [7, 11) is 1.82. The summed E-state index contributed by atoms with van der Waals surface area (Å²) in [6, 6.07) is 0.228. The summed E-state index contributed by atoms with van der Waals surface area (Å²) in [5.41, 5.74) is 4.86. The predicted molar refractivity (Wildman–Crippen MR) is 79.2 cm³/mol. The number of amides is 1. The van der Waals surface area contributed by atoms with Gasteiger partial charge >= 0.3 is 0 Å². The Bertz CT molecular complexity index is 435. The van der Waals surface area contributed by atoms with Gasteiger partial charge in [0.25, 0.3) is 0 Å². The van der Waals surface area contributed by atoms with E-state index in [1.165, 1.54) is 0 Å². The second-order valence-corrected chi connectivity index (χ2v) is 6.45. The molecule has 1 aromatic heterocycles. The number of hydrogen-bond acceptors (Lipinski definition) is 6. The molecule has 114 valence electrons. The van der Waals surface area contributed by atoms with Gasteiger partial charge in [-0.15, -0.1) is 5.10 Å². The topological polar surface area (TPSA) is 98.7 Å². The highest BCUT2D eigenvalue weighted by atomic mass is 32.2. The Morgan fingerprint density at radius 3 is 2.70 bits per heavy atom. The molecule has 0 aromatic carbocycles. The SMILES string of the molecule is CC(C)NC(C)(CCCCSc1nnnn1C)C(N)=O. The van der Waals surface area contributed by atoms with Crippen LogP contribution in [0.3, 0.4) is 0 Å². The molecule has 1 atom stereocenters. The van der Waals surface area contributed by atoms with E-state index in [1.807, 2.05) is 27.8 Å². The summed E-state index contributed by atoms with van der Waals surface area (Å²) in [6.45, 7) is 5.89. The van der Waals surface area contributed by atoms with Crippen LogP contribution in [0.1, 0.15) is 40.0 Å². The van der Waals surface area contributed by atoms with Crippen LogP contribution in [0.5, 0.6) is 0 Å². The van der Waals surface area contributed by atoms with E-state index in [4.69, 9.17) is 5.73 Å². The first-order valence-corrected chi connectivity index (χ1v) is 7.76. The fourth-order valence-corrected chi connectivity index (χ4v) is 2.84. The number of nitrogens with two attached hydrogens (primary N) is 1. The number of hydrogen-bond donors (Lipinski definition) is 2. The molecule has 0 saturated carbocycles. The van der Waals surface area contributed by atoms with E-state index in [-0.39, 0.29) is 11.9 Å². The lowest BCUT2D eigenvalue weighted by Crippen LogP contribution is -2.55. The quantitative estimate of drug-likeness (QED) is 0.515. The van der Waals surface area contributed by atoms with Gasteiger partial charge in [-0.3, -0.25) is 4.79 Å². The first-order chi connectivity index (χ1) is 9.35. The number of primary amides is 1. The van der Waals surface area contributed by atoms with Crippen LogP contribution in [0.15, 0.2) is 5.16 Å². The number of nitrogens with zero attached hydrogens (tertiary/aromatic N) is 4. The fraction of sp³-hybridized carbons (Fsp3) is 0.833. The Morgan fingerprint density at radius 2 is 2.20 bits per heavy atom. The number of aryl methyl sites for hydroxylation is 1. The minimum Gasteiger partial charge on any atom is -0.368 e. The Morgan fingerprint density at radius 1 is 1.50 bits per heavy atom. The number of nitrogens with one attached hydrogen (secondary N) is 1. The van der Waals surface area contributed by atoms with Gasteiger partial charge < -0.3 is 11.1 Å². The minimum atomic E-state index is -0.634. The lowest BCUT2D eigenvalue weighted by Gasteiger charge is -2.29. The van der Waals surface area contributed by atoms with Gasteiger partial charge in [0.15, 0.2) is 0 Å². The zero-order chi connectivity index (χ0) is 15.2. The molecule has 0 saturated heterocycles. The average Bonchev–Trinajstić information content (AvgIpc) is 2.73. The number of unbranched alkanes of at least 4 members (excludes halogenated alkanes) is 1. The van der Waals surface area contributed by atoms with Crippen molar-refractivity contribution in [3.05, 3.63) is 0 Å². The molecule has 1 unspecified atom stereocenters. The molecule has 1 amide bonds. The van der Waals surface area contributed by atoms with Gasteiger partial charge in [0.1, 0.15) is 0 Å². The third-order valence-corrected chi connectivity index (χ3v) is 4.13. The summed E-state index contributed by atoms with van der Waals surface area (Å²) >= 11 is 1.62. The zero-order valence-electron chi connectivity index (χ0n) is 12.6. The lowest BCUT2D eigenvalue weighted by molar-refractivity contribution is -0.124. The monoisotopic (exact) mass is 300 g/mol. The van der Waals surface area contributed by atoms with Gasteiger partial charge in [-0.05, 0) is 44.0 Å². The number of tetrazole rings is 1. The van der Waals surface area contributed by atoms with Crippen molar-refractivity contribution in [1.29, 1.82) is 0 Å².